The Morgan fingerprint density at radius 3 is 2.00 bits per heavy atom. The third-order valence-corrected chi connectivity index (χ3v) is 2.60. The average Bonchev–Trinajstić information content (AvgIpc) is 1.86. The zero-order valence-electron chi connectivity index (χ0n) is 5.94. The van der Waals surface area contributed by atoms with Gasteiger partial charge in [0.25, 0.3) is 0 Å². The van der Waals surface area contributed by atoms with Crippen LogP contribution in [0.4, 0.5) is 4.39 Å². The largest absolute Gasteiger partial charge is 0.207 e. The first kappa shape index (κ1) is 9.70. The first-order chi connectivity index (χ1) is 5.00. The van der Waals surface area contributed by atoms with Gasteiger partial charge in [0.1, 0.15) is 5.82 Å². The lowest BCUT2D eigenvalue weighted by atomic mass is 10.2. The topological polar surface area (TPSA) is 0 Å². The summed E-state index contributed by atoms with van der Waals surface area (Å²) in [6.07, 6.45) is 0. The first-order valence-electron chi connectivity index (χ1n) is 3.14. The van der Waals surface area contributed by atoms with Gasteiger partial charge >= 0.3 is 0 Å². The van der Waals surface area contributed by atoms with E-state index in [1.165, 1.54) is 12.1 Å². The van der Waals surface area contributed by atoms with Crippen molar-refractivity contribution in [2.24, 2.45) is 0 Å². The zero-order valence-corrected chi connectivity index (χ0v) is 10.3. The molecule has 1 rings (SSSR count). The standard InChI is InChI=1S/C8H7FI2/c1-8(10,11)6-2-4-7(9)5-3-6/h2-5H,1H3. The summed E-state index contributed by atoms with van der Waals surface area (Å²) in [4.78, 5) is 0. The minimum Gasteiger partial charge on any atom is -0.207 e. The van der Waals surface area contributed by atoms with Crippen molar-refractivity contribution in [2.45, 2.75) is 8.35 Å². The van der Waals surface area contributed by atoms with Gasteiger partial charge in [-0.2, -0.15) is 0 Å². The Bertz CT molecular complexity index is 235. The molecule has 0 aliphatic carbocycles. The number of benzene rings is 1. The molecule has 0 unspecified atom stereocenters. The number of alkyl halides is 2. The maximum atomic E-state index is 12.5. The smallest absolute Gasteiger partial charge is 0.123 e. The molecule has 0 aliphatic rings. The van der Waals surface area contributed by atoms with Crippen LogP contribution in [0.2, 0.25) is 0 Å². The van der Waals surface area contributed by atoms with Crippen molar-refractivity contribution in [3.63, 3.8) is 0 Å². The van der Waals surface area contributed by atoms with Gasteiger partial charge in [0.15, 0.2) is 0 Å². The van der Waals surface area contributed by atoms with Gasteiger partial charge in [-0.15, -0.1) is 0 Å². The van der Waals surface area contributed by atoms with Crippen LogP contribution in [0.1, 0.15) is 12.5 Å². The van der Waals surface area contributed by atoms with Gasteiger partial charge in [0, 0.05) is 0 Å². The molecular formula is C8H7FI2. The van der Waals surface area contributed by atoms with E-state index in [0.717, 1.165) is 5.56 Å². The molecule has 0 heterocycles. The molecule has 11 heavy (non-hydrogen) atoms. The molecule has 1 aromatic rings. The summed E-state index contributed by atoms with van der Waals surface area (Å²) < 4.78 is 12.5. The van der Waals surface area contributed by atoms with Gasteiger partial charge in [-0.3, -0.25) is 0 Å². The Morgan fingerprint density at radius 2 is 1.64 bits per heavy atom. The van der Waals surface area contributed by atoms with E-state index in [9.17, 15) is 4.39 Å². The lowest BCUT2D eigenvalue weighted by Gasteiger charge is -2.13. The van der Waals surface area contributed by atoms with Crippen molar-refractivity contribution in [3.8, 4) is 0 Å². The zero-order chi connectivity index (χ0) is 8.48. The van der Waals surface area contributed by atoms with Crippen LogP contribution in [-0.4, -0.2) is 0 Å². The summed E-state index contributed by atoms with van der Waals surface area (Å²) in [5.41, 5.74) is 1.14. The molecule has 0 N–H and O–H groups in total. The lowest BCUT2D eigenvalue weighted by Crippen LogP contribution is -2.00. The highest BCUT2D eigenvalue weighted by atomic mass is 127. The maximum absolute atomic E-state index is 12.5. The SMILES string of the molecule is CC(I)(I)c1ccc(F)cc1. The minimum atomic E-state index is -0.175. The average molecular weight is 376 g/mol. The van der Waals surface area contributed by atoms with Crippen molar-refractivity contribution in [2.75, 3.05) is 0 Å². The van der Waals surface area contributed by atoms with Crippen LogP contribution in [0, 0.1) is 5.82 Å². The highest BCUT2D eigenvalue weighted by molar-refractivity contribution is 14.2. The van der Waals surface area contributed by atoms with Crippen LogP contribution in [0.25, 0.3) is 0 Å². The highest BCUT2D eigenvalue weighted by Gasteiger charge is 2.16. The van der Waals surface area contributed by atoms with Crippen LogP contribution in [0.5, 0.6) is 0 Å². The van der Waals surface area contributed by atoms with E-state index in [-0.39, 0.29) is 7.25 Å². The van der Waals surface area contributed by atoms with Crippen LogP contribution < -0.4 is 0 Å². The van der Waals surface area contributed by atoms with Crippen LogP contribution in [0.3, 0.4) is 0 Å². The monoisotopic (exact) mass is 376 g/mol. The molecule has 0 radical (unpaired) electrons. The molecule has 0 aliphatic heterocycles. The second-order valence-corrected chi connectivity index (χ2v) is 8.77. The second-order valence-electron chi connectivity index (χ2n) is 2.40. The molecule has 0 spiro atoms. The van der Waals surface area contributed by atoms with Crippen molar-refractivity contribution in [1.82, 2.24) is 0 Å². The molecule has 0 amide bonds. The lowest BCUT2D eigenvalue weighted by molar-refractivity contribution is 0.627. The van der Waals surface area contributed by atoms with Gasteiger partial charge < -0.3 is 0 Å². The van der Waals surface area contributed by atoms with E-state index in [2.05, 4.69) is 52.1 Å². The predicted octanol–water partition coefficient (Wildman–Crippen LogP) is 3.87. The molecule has 0 nitrogen and oxygen atoms in total. The number of hydrogen-bond donors (Lipinski definition) is 0. The highest BCUT2D eigenvalue weighted by Crippen LogP contribution is 2.38. The van der Waals surface area contributed by atoms with Gasteiger partial charge in [-0.25, -0.2) is 4.39 Å². The van der Waals surface area contributed by atoms with Crippen molar-refractivity contribution < 1.29 is 4.39 Å². The molecular weight excluding hydrogens is 369 g/mol. The normalized spacial score (nSPS) is 11.6. The van der Waals surface area contributed by atoms with E-state index >= 15 is 0 Å². The molecule has 0 saturated carbocycles. The number of rotatable bonds is 1. The molecule has 0 bridgehead atoms. The summed E-state index contributed by atoms with van der Waals surface area (Å²) in [5, 5.41) is 0. The molecule has 0 atom stereocenters. The predicted molar refractivity (Wildman–Crippen MR) is 61.8 cm³/mol. The fraction of sp³-hybridized carbons (Fsp3) is 0.250. The first-order valence-corrected chi connectivity index (χ1v) is 5.30. The van der Waals surface area contributed by atoms with Crippen molar-refractivity contribution in [1.29, 1.82) is 0 Å². The summed E-state index contributed by atoms with van der Waals surface area (Å²) in [6.45, 7) is 2.08. The van der Waals surface area contributed by atoms with Gasteiger partial charge in [-0.1, -0.05) is 57.3 Å². The van der Waals surface area contributed by atoms with E-state index in [1.807, 2.05) is 12.1 Å². The Kier molecular flexibility index (Phi) is 3.13. The van der Waals surface area contributed by atoms with Crippen LogP contribution in [-0.2, 0) is 1.43 Å². The van der Waals surface area contributed by atoms with E-state index < -0.39 is 0 Å². The van der Waals surface area contributed by atoms with Gasteiger partial charge in [0.05, 0.1) is 1.43 Å². The summed E-state index contributed by atoms with van der Waals surface area (Å²) in [6, 6.07) is 6.61. The molecule has 0 aromatic heterocycles. The molecule has 0 saturated heterocycles. The van der Waals surface area contributed by atoms with E-state index in [4.69, 9.17) is 0 Å². The summed E-state index contributed by atoms with van der Waals surface area (Å²) in [7, 11) is 0. The molecule has 1 aromatic carbocycles. The van der Waals surface area contributed by atoms with Crippen LogP contribution in [0.15, 0.2) is 24.3 Å². The Morgan fingerprint density at radius 1 is 1.18 bits per heavy atom. The van der Waals surface area contributed by atoms with Gasteiger partial charge in [-0.05, 0) is 24.6 Å². The Hall–Kier alpha value is 0.610. The van der Waals surface area contributed by atoms with Gasteiger partial charge in [0.2, 0.25) is 0 Å². The minimum absolute atomic E-state index is 0.0587. The fourth-order valence-electron chi connectivity index (χ4n) is 0.743. The number of hydrogen-bond acceptors (Lipinski definition) is 0. The molecule has 0 fully saturated rings. The fourth-order valence-corrected chi connectivity index (χ4v) is 1.46. The van der Waals surface area contributed by atoms with Crippen molar-refractivity contribution in [3.05, 3.63) is 35.6 Å². The van der Waals surface area contributed by atoms with E-state index in [0.29, 0.717) is 0 Å². The summed E-state index contributed by atoms with van der Waals surface area (Å²) >= 11 is 4.64. The second kappa shape index (κ2) is 3.55. The van der Waals surface area contributed by atoms with Crippen LogP contribution >= 0.6 is 45.2 Å². The quantitative estimate of drug-likeness (QED) is 0.516. The third-order valence-electron chi connectivity index (χ3n) is 1.35. The van der Waals surface area contributed by atoms with E-state index in [1.54, 1.807) is 0 Å². The number of halogens is 3. The third kappa shape index (κ3) is 2.85. The maximum Gasteiger partial charge on any atom is 0.123 e. The summed E-state index contributed by atoms with van der Waals surface area (Å²) in [5.74, 6) is -0.175. The Labute approximate surface area is 92.9 Å². The molecule has 3 heteroatoms. The molecule has 60 valence electrons. The van der Waals surface area contributed by atoms with Crippen molar-refractivity contribution >= 4 is 45.2 Å². The Balaban J connectivity index is 2.99.